The van der Waals surface area contributed by atoms with E-state index in [1.807, 2.05) is 6.92 Å². The third-order valence-electron chi connectivity index (χ3n) is 2.44. The molecule has 0 N–H and O–H groups in total. The summed E-state index contributed by atoms with van der Waals surface area (Å²) in [5.41, 5.74) is 0. The first-order valence-electron chi connectivity index (χ1n) is 4.95. The van der Waals surface area contributed by atoms with Crippen LogP contribution in [0, 0.1) is 0 Å². The van der Waals surface area contributed by atoms with Gasteiger partial charge in [0.1, 0.15) is 0 Å². The van der Waals surface area contributed by atoms with Crippen LogP contribution in [-0.2, 0) is 19.3 Å². The monoisotopic (exact) mass is 261 g/mol. The van der Waals surface area contributed by atoms with Gasteiger partial charge in [-0.1, -0.05) is 6.92 Å². The third kappa shape index (κ3) is 6.51. The van der Waals surface area contributed by atoms with Gasteiger partial charge in [0, 0.05) is 19.1 Å². The predicted octanol–water partition coefficient (Wildman–Crippen LogP) is -3.42. The molecule has 0 aromatic carbocycles. The SMILES string of the molecule is CCC(COS(=O)(=O)[O-])N1CCOCC1.[Na+]. The average Bonchev–Trinajstić information content (AvgIpc) is 2.19. The third-order valence-corrected chi connectivity index (χ3v) is 2.86. The van der Waals surface area contributed by atoms with Crippen molar-refractivity contribution in [1.29, 1.82) is 0 Å². The van der Waals surface area contributed by atoms with Gasteiger partial charge in [0.15, 0.2) is 0 Å². The van der Waals surface area contributed by atoms with E-state index in [1.54, 1.807) is 0 Å². The summed E-state index contributed by atoms with van der Waals surface area (Å²) in [6.45, 7) is 4.64. The van der Waals surface area contributed by atoms with Crippen molar-refractivity contribution in [2.24, 2.45) is 0 Å². The van der Waals surface area contributed by atoms with E-state index in [1.165, 1.54) is 0 Å². The molecule has 1 aliphatic rings. The Morgan fingerprint density at radius 3 is 2.44 bits per heavy atom. The minimum Gasteiger partial charge on any atom is -0.726 e. The Labute approximate surface area is 119 Å². The molecule has 0 amide bonds. The normalized spacial score (nSPS) is 20.1. The van der Waals surface area contributed by atoms with Crippen LogP contribution in [-0.4, -0.2) is 56.8 Å². The zero-order valence-electron chi connectivity index (χ0n) is 9.72. The number of morpholine rings is 1. The Morgan fingerprint density at radius 2 is 2.00 bits per heavy atom. The van der Waals surface area contributed by atoms with Crippen molar-refractivity contribution < 1.29 is 51.4 Å². The smallest absolute Gasteiger partial charge is 0.726 e. The molecule has 6 nitrogen and oxygen atoms in total. The van der Waals surface area contributed by atoms with Gasteiger partial charge in [0.25, 0.3) is 0 Å². The summed E-state index contributed by atoms with van der Waals surface area (Å²) in [4.78, 5) is 2.08. The number of nitrogens with zero attached hydrogens (tertiary/aromatic N) is 1. The van der Waals surface area contributed by atoms with Crippen LogP contribution in [0.25, 0.3) is 0 Å². The second kappa shape index (κ2) is 7.99. The molecule has 8 heteroatoms. The molecule has 16 heavy (non-hydrogen) atoms. The zero-order valence-corrected chi connectivity index (χ0v) is 12.5. The molecule has 0 spiro atoms. The van der Waals surface area contributed by atoms with Gasteiger partial charge in [0.05, 0.1) is 19.8 Å². The maximum absolute atomic E-state index is 10.3. The summed E-state index contributed by atoms with van der Waals surface area (Å²) in [6, 6.07) is -0.0300. The van der Waals surface area contributed by atoms with E-state index >= 15 is 0 Å². The van der Waals surface area contributed by atoms with Gasteiger partial charge in [-0.25, -0.2) is 8.42 Å². The molecule has 1 heterocycles. The summed E-state index contributed by atoms with van der Waals surface area (Å²) in [5, 5.41) is 0. The predicted molar refractivity (Wildman–Crippen MR) is 52.1 cm³/mol. The zero-order chi connectivity index (χ0) is 11.3. The second-order valence-corrected chi connectivity index (χ2v) is 4.46. The van der Waals surface area contributed by atoms with Gasteiger partial charge in [-0.15, -0.1) is 0 Å². The van der Waals surface area contributed by atoms with Crippen molar-refractivity contribution in [2.75, 3.05) is 32.9 Å². The maximum atomic E-state index is 10.3. The molecule has 0 radical (unpaired) electrons. The van der Waals surface area contributed by atoms with Crippen LogP contribution < -0.4 is 29.6 Å². The Kier molecular flexibility index (Phi) is 8.39. The molecule has 1 fully saturated rings. The number of hydrogen-bond donors (Lipinski definition) is 0. The van der Waals surface area contributed by atoms with Crippen LogP contribution in [0.15, 0.2) is 0 Å². The molecule has 1 saturated heterocycles. The fraction of sp³-hybridized carbons (Fsp3) is 1.00. The van der Waals surface area contributed by atoms with Crippen molar-refractivity contribution >= 4 is 10.4 Å². The Bertz CT molecular complexity index is 278. The van der Waals surface area contributed by atoms with E-state index in [2.05, 4.69) is 9.08 Å². The molecule has 0 aliphatic carbocycles. The fourth-order valence-corrected chi connectivity index (χ4v) is 1.91. The summed E-state index contributed by atoms with van der Waals surface area (Å²) in [6.07, 6.45) is 0.746. The number of hydrogen-bond acceptors (Lipinski definition) is 6. The van der Waals surface area contributed by atoms with Crippen LogP contribution in [0.5, 0.6) is 0 Å². The summed E-state index contributed by atoms with van der Waals surface area (Å²) < 4.78 is 40.4. The first kappa shape index (κ1) is 16.8. The molecule has 90 valence electrons. The van der Waals surface area contributed by atoms with Crippen molar-refractivity contribution in [2.45, 2.75) is 19.4 Å². The summed E-state index contributed by atoms with van der Waals surface area (Å²) in [7, 11) is -4.58. The van der Waals surface area contributed by atoms with Crippen molar-refractivity contribution in [3.63, 3.8) is 0 Å². The molecule has 1 atom stereocenters. The molecule has 1 rings (SSSR count). The van der Waals surface area contributed by atoms with E-state index in [4.69, 9.17) is 4.74 Å². The minimum absolute atomic E-state index is 0. The second-order valence-electron chi connectivity index (χ2n) is 3.40. The Balaban J connectivity index is 0.00000225. The molecule has 0 aromatic rings. The van der Waals surface area contributed by atoms with Crippen LogP contribution in [0.4, 0.5) is 0 Å². The quantitative estimate of drug-likeness (QED) is 0.291. The van der Waals surface area contributed by atoms with Gasteiger partial charge in [0.2, 0.25) is 10.4 Å². The van der Waals surface area contributed by atoms with E-state index in [0.29, 0.717) is 13.2 Å². The maximum Gasteiger partial charge on any atom is 1.00 e. The molecule has 1 unspecified atom stereocenters. The first-order chi connectivity index (χ1) is 7.03. The van der Waals surface area contributed by atoms with E-state index in [-0.39, 0.29) is 42.2 Å². The van der Waals surface area contributed by atoms with E-state index < -0.39 is 10.4 Å². The fourth-order valence-electron chi connectivity index (χ4n) is 1.59. The number of ether oxygens (including phenoxy) is 1. The van der Waals surface area contributed by atoms with E-state index in [9.17, 15) is 13.0 Å². The standard InChI is InChI=1S/C8H17NO5S.Na/c1-2-8(7-14-15(10,11)12)9-3-5-13-6-4-9;/h8H,2-7H2,1H3,(H,10,11,12);/q;+1/p-1. The van der Waals surface area contributed by atoms with Crippen LogP contribution in [0.3, 0.4) is 0 Å². The van der Waals surface area contributed by atoms with E-state index in [0.717, 1.165) is 19.5 Å². The van der Waals surface area contributed by atoms with Crippen LogP contribution >= 0.6 is 0 Å². The van der Waals surface area contributed by atoms with Crippen molar-refractivity contribution in [1.82, 2.24) is 4.90 Å². The molecule has 0 saturated carbocycles. The van der Waals surface area contributed by atoms with Crippen LogP contribution in [0.1, 0.15) is 13.3 Å². The van der Waals surface area contributed by atoms with Crippen LogP contribution in [0.2, 0.25) is 0 Å². The largest absolute Gasteiger partial charge is 1.00 e. The minimum atomic E-state index is -4.58. The average molecular weight is 261 g/mol. The van der Waals surface area contributed by atoms with Gasteiger partial charge in [-0.05, 0) is 6.42 Å². The molecular weight excluding hydrogens is 245 g/mol. The molecule has 1 aliphatic heterocycles. The van der Waals surface area contributed by atoms with Crippen molar-refractivity contribution in [3.8, 4) is 0 Å². The molecule has 0 bridgehead atoms. The summed E-state index contributed by atoms with van der Waals surface area (Å²) in [5.74, 6) is 0. The Morgan fingerprint density at radius 1 is 1.44 bits per heavy atom. The van der Waals surface area contributed by atoms with Gasteiger partial charge in [-0.2, -0.15) is 0 Å². The first-order valence-corrected chi connectivity index (χ1v) is 6.28. The van der Waals surface area contributed by atoms with Gasteiger partial charge >= 0.3 is 29.6 Å². The van der Waals surface area contributed by atoms with Gasteiger partial charge in [-0.3, -0.25) is 9.08 Å². The molecule has 0 aromatic heterocycles. The Hall–Kier alpha value is 0.790. The molecular formula is C8H16NNaO5S. The number of rotatable bonds is 5. The van der Waals surface area contributed by atoms with Gasteiger partial charge < -0.3 is 9.29 Å². The topological polar surface area (TPSA) is 78.9 Å². The van der Waals surface area contributed by atoms with Crippen molar-refractivity contribution in [3.05, 3.63) is 0 Å². The summed E-state index contributed by atoms with van der Waals surface area (Å²) >= 11 is 0.